The second-order valence-electron chi connectivity index (χ2n) is 3.93. The second kappa shape index (κ2) is 7.43. The minimum Gasteiger partial charge on any atom is -0.298 e. The normalized spacial score (nSPS) is 10.1. The Kier molecular flexibility index (Phi) is 5.59. The van der Waals surface area contributed by atoms with Gasteiger partial charge in [0.05, 0.1) is 11.4 Å². The molecule has 0 fully saturated rings. The minimum absolute atomic E-state index is 0.130. The van der Waals surface area contributed by atoms with Crippen molar-refractivity contribution in [1.82, 2.24) is 5.43 Å². The zero-order valence-corrected chi connectivity index (χ0v) is 12.7. The van der Waals surface area contributed by atoms with E-state index >= 15 is 0 Å². The number of hydrogen-bond acceptors (Lipinski definition) is 3. The molecule has 0 spiro atoms. The lowest BCUT2D eigenvalue weighted by Crippen LogP contribution is -2.30. The molecule has 2 aromatic rings. The molecule has 0 unspecified atom stereocenters. The van der Waals surface area contributed by atoms with Gasteiger partial charge >= 0.3 is 0 Å². The highest BCUT2D eigenvalue weighted by Gasteiger charge is 2.03. The van der Waals surface area contributed by atoms with Crippen LogP contribution in [0, 0.1) is 0 Å². The molecule has 104 valence electrons. The highest BCUT2D eigenvalue weighted by atomic mass is 35.5. The van der Waals surface area contributed by atoms with Crippen molar-refractivity contribution in [2.75, 3.05) is 11.2 Å². The SMILES string of the molecule is O=C(CSc1ccccc1)NNc1cc(Cl)cc(Cl)c1. The third kappa shape index (κ3) is 4.96. The van der Waals surface area contributed by atoms with E-state index in [9.17, 15) is 4.79 Å². The molecule has 0 saturated heterocycles. The molecule has 0 aliphatic carbocycles. The maximum Gasteiger partial charge on any atom is 0.248 e. The lowest BCUT2D eigenvalue weighted by molar-refractivity contribution is -0.118. The van der Waals surface area contributed by atoms with Gasteiger partial charge in [-0.1, -0.05) is 41.4 Å². The van der Waals surface area contributed by atoms with Gasteiger partial charge in [-0.2, -0.15) is 0 Å². The molecule has 0 aromatic heterocycles. The van der Waals surface area contributed by atoms with Crippen LogP contribution in [0.4, 0.5) is 5.69 Å². The number of halogens is 2. The van der Waals surface area contributed by atoms with Gasteiger partial charge in [0.2, 0.25) is 5.91 Å². The first-order valence-corrected chi connectivity index (χ1v) is 7.56. The maximum absolute atomic E-state index is 11.7. The van der Waals surface area contributed by atoms with E-state index in [-0.39, 0.29) is 5.91 Å². The third-order valence-corrected chi connectivity index (χ3v) is 3.77. The fourth-order valence-electron chi connectivity index (χ4n) is 1.47. The summed E-state index contributed by atoms with van der Waals surface area (Å²) in [5.41, 5.74) is 6.02. The van der Waals surface area contributed by atoms with E-state index in [1.807, 2.05) is 30.3 Å². The zero-order chi connectivity index (χ0) is 14.4. The molecule has 0 aliphatic rings. The molecular formula is C14H12Cl2N2OS. The summed E-state index contributed by atoms with van der Waals surface area (Å²) in [6, 6.07) is 14.7. The van der Waals surface area contributed by atoms with Crippen LogP contribution in [0.3, 0.4) is 0 Å². The largest absolute Gasteiger partial charge is 0.298 e. The summed E-state index contributed by atoms with van der Waals surface area (Å²) >= 11 is 13.2. The van der Waals surface area contributed by atoms with Crippen LogP contribution in [-0.4, -0.2) is 11.7 Å². The van der Waals surface area contributed by atoms with Gasteiger partial charge in [0.25, 0.3) is 0 Å². The standard InChI is InChI=1S/C14H12Cl2N2OS/c15-10-6-11(16)8-12(7-10)17-18-14(19)9-20-13-4-2-1-3-5-13/h1-8,17H,9H2,(H,18,19). The summed E-state index contributed by atoms with van der Waals surface area (Å²) in [6.07, 6.45) is 0. The molecular weight excluding hydrogens is 315 g/mol. The lowest BCUT2D eigenvalue weighted by atomic mass is 10.3. The lowest BCUT2D eigenvalue weighted by Gasteiger charge is -2.09. The number of anilines is 1. The topological polar surface area (TPSA) is 41.1 Å². The van der Waals surface area contributed by atoms with Crippen molar-refractivity contribution in [3.8, 4) is 0 Å². The highest BCUT2D eigenvalue weighted by Crippen LogP contribution is 2.22. The molecule has 0 radical (unpaired) electrons. The predicted octanol–water partition coefficient (Wildman–Crippen LogP) is 4.23. The van der Waals surface area contributed by atoms with Crippen LogP contribution in [-0.2, 0) is 4.79 Å². The Labute approximate surface area is 131 Å². The first-order chi connectivity index (χ1) is 9.63. The molecule has 2 aromatic carbocycles. The Morgan fingerprint density at radius 1 is 1.05 bits per heavy atom. The Bertz CT molecular complexity index is 573. The van der Waals surface area contributed by atoms with E-state index in [1.165, 1.54) is 11.8 Å². The van der Waals surface area contributed by atoms with Gasteiger partial charge in [0.1, 0.15) is 0 Å². The number of thioether (sulfide) groups is 1. The van der Waals surface area contributed by atoms with Gasteiger partial charge in [-0.15, -0.1) is 11.8 Å². The van der Waals surface area contributed by atoms with Crippen molar-refractivity contribution < 1.29 is 4.79 Å². The highest BCUT2D eigenvalue weighted by molar-refractivity contribution is 8.00. The van der Waals surface area contributed by atoms with Gasteiger partial charge in [0.15, 0.2) is 0 Å². The molecule has 2 rings (SSSR count). The minimum atomic E-state index is -0.130. The van der Waals surface area contributed by atoms with Crippen LogP contribution in [0.2, 0.25) is 10.0 Å². The van der Waals surface area contributed by atoms with E-state index in [2.05, 4.69) is 10.9 Å². The van der Waals surface area contributed by atoms with Crippen molar-refractivity contribution in [1.29, 1.82) is 0 Å². The molecule has 1 amide bonds. The molecule has 20 heavy (non-hydrogen) atoms. The van der Waals surface area contributed by atoms with Gasteiger partial charge in [-0.3, -0.25) is 15.6 Å². The van der Waals surface area contributed by atoms with Crippen LogP contribution in [0.5, 0.6) is 0 Å². The quantitative estimate of drug-likeness (QED) is 0.638. The molecule has 0 aliphatic heterocycles. The number of amides is 1. The first kappa shape index (κ1) is 15.0. The molecule has 6 heteroatoms. The third-order valence-electron chi connectivity index (χ3n) is 2.32. The van der Waals surface area contributed by atoms with Crippen molar-refractivity contribution in [2.24, 2.45) is 0 Å². The van der Waals surface area contributed by atoms with Crippen LogP contribution < -0.4 is 10.9 Å². The molecule has 0 saturated carbocycles. The maximum atomic E-state index is 11.7. The van der Waals surface area contributed by atoms with E-state index in [4.69, 9.17) is 23.2 Å². The molecule has 2 N–H and O–H groups in total. The van der Waals surface area contributed by atoms with Gasteiger partial charge in [-0.05, 0) is 30.3 Å². The smallest absolute Gasteiger partial charge is 0.248 e. The molecule has 0 bridgehead atoms. The Balaban J connectivity index is 1.80. The fraction of sp³-hybridized carbons (Fsp3) is 0.0714. The van der Waals surface area contributed by atoms with Crippen LogP contribution in [0.15, 0.2) is 53.4 Å². The van der Waals surface area contributed by atoms with E-state index in [0.29, 0.717) is 21.5 Å². The Hall–Kier alpha value is -1.36. The van der Waals surface area contributed by atoms with Crippen LogP contribution in [0.25, 0.3) is 0 Å². The number of benzene rings is 2. The number of hydrazine groups is 1. The summed E-state index contributed by atoms with van der Waals surface area (Å²) in [7, 11) is 0. The summed E-state index contributed by atoms with van der Waals surface area (Å²) < 4.78 is 0. The molecule has 0 atom stereocenters. The number of nitrogens with one attached hydrogen (secondary N) is 2. The van der Waals surface area contributed by atoms with E-state index in [0.717, 1.165) is 4.90 Å². The van der Waals surface area contributed by atoms with Crippen LogP contribution >= 0.6 is 35.0 Å². The van der Waals surface area contributed by atoms with Gasteiger partial charge in [0, 0.05) is 14.9 Å². The van der Waals surface area contributed by atoms with E-state index in [1.54, 1.807) is 18.2 Å². The summed E-state index contributed by atoms with van der Waals surface area (Å²) in [4.78, 5) is 12.7. The first-order valence-electron chi connectivity index (χ1n) is 5.82. The van der Waals surface area contributed by atoms with Crippen molar-refractivity contribution in [2.45, 2.75) is 4.90 Å². The summed E-state index contributed by atoms with van der Waals surface area (Å²) in [6.45, 7) is 0. The molecule has 3 nitrogen and oxygen atoms in total. The summed E-state index contributed by atoms with van der Waals surface area (Å²) in [5, 5.41) is 1.01. The Morgan fingerprint density at radius 2 is 1.70 bits per heavy atom. The van der Waals surface area contributed by atoms with Crippen molar-refractivity contribution in [3.05, 3.63) is 58.6 Å². The average Bonchev–Trinajstić information content (AvgIpc) is 2.43. The van der Waals surface area contributed by atoms with Crippen LogP contribution in [0.1, 0.15) is 0 Å². The zero-order valence-electron chi connectivity index (χ0n) is 10.4. The van der Waals surface area contributed by atoms with Crippen molar-refractivity contribution in [3.63, 3.8) is 0 Å². The Morgan fingerprint density at radius 3 is 2.35 bits per heavy atom. The molecule has 0 heterocycles. The number of hydrogen-bond donors (Lipinski definition) is 2. The predicted molar refractivity (Wildman–Crippen MR) is 85.4 cm³/mol. The monoisotopic (exact) mass is 326 g/mol. The number of rotatable bonds is 5. The average molecular weight is 327 g/mol. The van der Waals surface area contributed by atoms with Gasteiger partial charge in [-0.25, -0.2) is 0 Å². The summed E-state index contributed by atoms with van der Waals surface area (Å²) in [5.74, 6) is 0.195. The fourth-order valence-corrected chi connectivity index (χ4v) is 2.72. The van der Waals surface area contributed by atoms with Gasteiger partial charge < -0.3 is 0 Å². The number of carbonyl (C=O) groups is 1. The number of carbonyl (C=O) groups excluding carboxylic acids is 1. The van der Waals surface area contributed by atoms with Crippen molar-refractivity contribution >= 4 is 46.6 Å². The van der Waals surface area contributed by atoms with E-state index < -0.39 is 0 Å². The second-order valence-corrected chi connectivity index (χ2v) is 5.85.